The predicted octanol–water partition coefficient (Wildman–Crippen LogP) is 10.6. The van der Waals surface area contributed by atoms with Crippen molar-refractivity contribution in [3.8, 4) is 22.3 Å². The first kappa shape index (κ1) is 44.3. The zero-order valence-electron chi connectivity index (χ0n) is 38.6. The highest BCUT2D eigenvalue weighted by atomic mass is 16.4. The summed E-state index contributed by atoms with van der Waals surface area (Å²) in [6, 6.07) is 37.9. The molecule has 0 unspecified atom stereocenters. The monoisotopic (exact) mass is 912 g/mol. The molecule has 2 aliphatic rings. The molecule has 0 radical (unpaired) electrons. The number of amides is 2. The first-order chi connectivity index (χ1) is 33.0. The van der Waals surface area contributed by atoms with E-state index >= 15 is 0 Å². The number of fused-ring (bicyclic) bond motifs is 12. The molecule has 1 spiro atoms. The molecule has 0 aliphatic heterocycles. The smallest absolute Gasteiger partial charge is 0.287 e. The van der Waals surface area contributed by atoms with Gasteiger partial charge in [0.1, 0.15) is 11.4 Å². The van der Waals surface area contributed by atoms with E-state index in [-0.39, 0.29) is 68.8 Å². The number of benzene rings is 6. The lowest BCUT2D eigenvalue weighted by Crippen LogP contribution is -2.28. The third kappa shape index (κ3) is 7.34. The Labute approximate surface area is 395 Å². The molecule has 0 bridgehead atoms. The quantitative estimate of drug-likeness (QED) is 0.112. The number of carbonyl (C=O) groups is 2. The van der Waals surface area contributed by atoms with Crippen LogP contribution in [0.4, 0.5) is 11.4 Å². The SMILES string of the molecule is CC(C)(C)c1cc(N=C=O)c2oc(C(=O)NCc3ccc4c(c3)C3(c5ccccc5-4)c4ccccc4-c4ccc(CNC(=O)c5cc(=O)c6cc(C(C)(C)C)cc(N=C=O)c6o5)cc43)cc(=O)c2c1. The van der Waals surface area contributed by atoms with Gasteiger partial charge >= 0.3 is 0 Å². The maximum Gasteiger partial charge on any atom is 0.287 e. The van der Waals surface area contributed by atoms with Gasteiger partial charge in [0.05, 0.1) is 16.2 Å². The van der Waals surface area contributed by atoms with Crippen LogP contribution in [0, 0.1) is 0 Å². The van der Waals surface area contributed by atoms with Gasteiger partial charge in [-0.05, 0) is 102 Å². The summed E-state index contributed by atoms with van der Waals surface area (Å²) < 4.78 is 12.0. The summed E-state index contributed by atoms with van der Waals surface area (Å²) in [7, 11) is 0. The number of carbonyl (C=O) groups excluding carboxylic acids is 4. The minimum atomic E-state index is -0.781. The first-order valence-corrected chi connectivity index (χ1v) is 22.4. The van der Waals surface area contributed by atoms with Gasteiger partial charge in [0.2, 0.25) is 12.2 Å². The molecule has 0 fully saturated rings. The van der Waals surface area contributed by atoms with Crippen LogP contribution in [0.3, 0.4) is 0 Å². The predicted molar refractivity (Wildman–Crippen MR) is 263 cm³/mol. The lowest BCUT2D eigenvalue weighted by molar-refractivity contribution is 0.0916. The average molecular weight is 913 g/mol. The highest BCUT2D eigenvalue weighted by Crippen LogP contribution is 2.63. The summed E-state index contributed by atoms with van der Waals surface area (Å²) in [6.45, 7) is 12.0. The molecule has 12 nitrogen and oxygen atoms in total. The summed E-state index contributed by atoms with van der Waals surface area (Å²) in [4.78, 5) is 84.9. The lowest BCUT2D eigenvalue weighted by Gasteiger charge is -2.31. The second kappa shape index (κ2) is 16.3. The molecule has 69 heavy (non-hydrogen) atoms. The van der Waals surface area contributed by atoms with Gasteiger partial charge in [0, 0.05) is 25.2 Å². The van der Waals surface area contributed by atoms with Crippen LogP contribution in [0.15, 0.2) is 150 Å². The summed E-state index contributed by atoms with van der Waals surface area (Å²) in [5, 5.41) is 6.28. The maximum atomic E-state index is 13.8. The van der Waals surface area contributed by atoms with Crippen LogP contribution < -0.4 is 21.5 Å². The van der Waals surface area contributed by atoms with Crippen molar-refractivity contribution in [3.05, 3.63) is 198 Å². The topological polar surface area (TPSA) is 177 Å². The van der Waals surface area contributed by atoms with Gasteiger partial charge in [-0.3, -0.25) is 19.2 Å². The number of nitrogens with zero attached hydrogens (tertiary/aromatic N) is 2. The normalized spacial score (nSPS) is 14.3. The Hall–Kier alpha value is -8.56. The number of isocyanates is 2. The van der Waals surface area contributed by atoms with Gasteiger partial charge in [-0.2, -0.15) is 9.98 Å². The van der Waals surface area contributed by atoms with Crippen molar-refractivity contribution in [2.75, 3.05) is 0 Å². The zero-order valence-corrected chi connectivity index (χ0v) is 38.6. The van der Waals surface area contributed by atoms with Crippen LogP contribution in [-0.2, 0) is 38.9 Å². The Morgan fingerprint density at radius 1 is 0.522 bits per heavy atom. The molecule has 8 aromatic rings. The molecule has 2 heterocycles. The molecular formula is C57H44N4O8. The first-order valence-electron chi connectivity index (χ1n) is 22.4. The Bertz CT molecular complexity index is 3510. The van der Waals surface area contributed by atoms with Gasteiger partial charge < -0.3 is 19.5 Å². The summed E-state index contributed by atoms with van der Waals surface area (Å²) in [5.74, 6) is -1.69. The molecule has 340 valence electrons. The minimum Gasteiger partial charge on any atom is -0.448 e. The molecule has 0 saturated heterocycles. The van der Waals surface area contributed by atoms with Crippen LogP contribution >= 0.6 is 0 Å². The number of hydrogen-bond donors (Lipinski definition) is 2. The fraction of sp³-hybridized carbons (Fsp3) is 0.193. The van der Waals surface area contributed by atoms with E-state index in [0.717, 1.165) is 78.9 Å². The van der Waals surface area contributed by atoms with Crippen molar-refractivity contribution in [2.24, 2.45) is 9.98 Å². The fourth-order valence-electron chi connectivity index (χ4n) is 9.83. The largest absolute Gasteiger partial charge is 0.448 e. The Morgan fingerprint density at radius 3 is 1.30 bits per heavy atom. The molecule has 2 aliphatic carbocycles. The number of aliphatic imine (C=N–C) groups is 2. The van der Waals surface area contributed by atoms with E-state index in [1.807, 2.05) is 77.9 Å². The zero-order chi connectivity index (χ0) is 48.6. The summed E-state index contributed by atoms with van der Waals surface area (Å²) in [6.07, 6.45) is 3.07. The Morgan fingerprint density at radius 2 is 0.913 bits per heavy atom. The van der Waals surface area contributed by atoms with Crippen molar-refractivity contribution in [1.82, 2.24) is 10.6 Å². The van der Waals surface area contributed by atoms with E-state index in [9.17, 15) is 28.8 Å². The van der Waals surface area contributed by atoms with E-state index in [1.54, 1.807) is 24.3 Å². The van der Waals surface area contributed by atoms with Crippen molar-refractivity contribution < 1.29 is 28.0 Å². The molecule has 10 rings (SSSR count). The van der Waals surface area contributed by atoms with E-state index < -0.39 is 28.1 Å². The van der Waals surface area contributed by atoms with Gasteiger partial charge in [0.25, 0.3) is 11.8 Å². The molecule has 6 aromatic carbocycles. The highest BCUT2D eigenvalue weighted by Gasteiger charge is 2.51. The highest BCUT2D eigenvalue weighted by molar-refractivity contribution is 5.98. The van der Waals surface area contributed by atoms with Crippen molar-refractivity contribution in [3.63, 3.8) is 0 Å². The van der Waals surface area contributed by atoms with Gasteiger partial charge in [-0.1, -0.05) is 126 Å². The van der Waals surface area contributed by atoms with E-state index in [2.05, 4.69) is 69.1 Å². The number of nitrogens with one attached hydrogen (secondary N) is 2. The Balaban J connectivity index is 0.990. The van der Waals surface area contributed by atoms with Gasteiger partial charge in [-0.15, -0.1) is 0 Å². The van der Waals surface area contributed by atoms with Crippen molar-refractivity contribution in [1.29, 1.82) is 0 Å². The summed E-state index contributed by atoms with van der Waals surface area (Å²) in [5.41, 5.74) is 9.35. The second-order valence-electron chi connectivity index (χ2n) is 19.6. The van der Waals surface area contributed by atoms with Gasteiger partial charge in [-0.25, -0.2) is 9.59 Å². The molecule has 2 aromatic heterocycles. The maximum absolute atomic E-state index is 13.8. The standard InChI is InChI=1S/C57H44N4O8/c1-55(2,3)33-21-39-47(64)25-49(68-51(39)45(23-33)60-29-62)53(66)58-27-31-15-17-37-35-11-7-9-13-41(35)57(43(37)19-31)42-14-10-8-12-36(42)38-18-16-32(20-44(38)57)28-59-54(67)50-26-48(65)40-22-34(56(4,5)6)24-46(61-30-63)52(40)69-50/h7-26H,27-28H2,1-6H3,(H,58,66)(H,59,67). The van der Waals surface area contributed by atoms with E-state index in [1.165, 1.54) is 12.2 Å². The lowest BCUT2D eigenvalue weighted by atomic mass is 9.70. The Kier molecular flexibility index (Phi) is 10.5. The average Bonchev–Trinajstić information content (AvgIpc) is 3.78. The third-order valence-electron chi connectivity index (χ3n) is 13.3. The minimum absolute atomic E-state index is 0.0219. The van der Waals surface area contributed by atoms with E-state index in [4.69, 9.17) is 8.83 Å². The fourth-order valence-corrected chi connectivity index (χ4v) is 9.83. The van der Waals surface area contributed by atoms with Crippen LogP contribution in [0.25, 0.3) is 44.2 Å². The van der Waals surface area contributed by atoms with Crippen LogP contribution in [0.2, 0.25) is 0 Å². The molecule has 0 atom stereocenters. The summed E-state index contributed by atoms with van der Waals surface area (Å²) >= 11 is 0. The van der Waals surface area contributed by atoms with Crippen LogP contribution in [0.5, 0.6) is 0 Å². The molecule has 2 N–H and O–H groups in total. The van der Waals surface area contributed by atoms with Crippen molar-refractivity contribution >= 4 is 57.3 Å². The van der Waals surface area contributed by atoms with Crippen LogP contribution in [0.1, 0.15) is 107 Å². The molecule has 0 saturated carbocycles. The molecular weight excluding hydrogens is 869 g/mol. The number of rotatable bonds is 8. The molecule has 2 amide bonds. The third-order valence-corrected chi connectivity index (χ3v) is 13.3. The number of hydrogen-bond acceptors (Lipinski definition) is 10. The van der Waals surface area contributed by atoms with E-state index in [0.29, 0.717) is 0 Å². The second-order valence-corrected chi connectivity index (χ2v) is 19.6. The molecule has 12 heteroatoms. The van der Waals surface area contributed by atoms with Crippen LogP contribution in [-0.4, -0.2) is 24.0 Å². The van der Waals surface area contributed by atoms with Gasteiger partial charge in [0.15, 0.2) is 33.5 Å². The van der Waals surface area contributed by atoms with Crippen molar-refractivity contribution in [2.45, 2.75) is 70.9 Å².